The van der Waals surface area contributed by atoms with E-state index < -0.39 is 20.9 Å². The summed E-state index contributed by atoms with van der Waals surface area (Å²) in [7, 11) is -3.36. The molecule has 6 heteroatoms. The highest BCUT2D eigenvalue weighted by atomic mass is 32.2. The van der Waals surface area contributed by atoms with E-state index in [9.17, 15) is 12.8 Å². The van der Waals surface area contributed by atoms with Gasteiger partial charge in [0.15, 0.2) is 9.84 Å². The molecule has 1 fully saturated rings. The van der Waals surface area contributed by atoms with E-state index in [0.717, 1.165) is 6.07 Å². The maximum atomic E-state index is 13.2. The van der Waals surface area contributed by atoms with E-state index in [1.165, 1.54) is 12.1 Å². The van der Waals surface area contributed by atoms with Gasteiger partial charge in [-0.1, -0.05) is 6.07 Å². The third-order valence-corrected chi connectivity index (χ3v) is 5.56. The molecule has 1 aliphatic rings. The normalized spacial score (nSPS) is 23.2. The Morgan fingerprint density at radius 1 is 1.53 bits per heavy atom. The second kappa shape index (κ2) is 5.27. The average Bonchev–Trinajstić information content (AvgIpc) is 2.78. The molecule has 102 valence electrons. The van der Waals surface area contributed by atoms with Crippen LogP contribution >= 0.6 is 0 Å². The molecule has 19 heavy (non-hydrogen) atoms. The number of sulfone groups is 1. The molecular formula is C13H14FNO3S. The van der Waals surface area contributed by atoms with Gasteiger partial charge in [-0.25, -0.2) is 12.8 Å². The number of nitriles is 1. The first-order valence-electron chi connectivity index (χ1n) is 5.96. The first kappa shape index (κ1) is 14.0. The highest BCUT2D eigenvalue weighted by Gasteiger charge is 2.35. The lowest BCUT2D eigenvalue weighted by Crippen LogP contribution is -2.29. The number of nitrogens with zero attached hydrogens (tertiary/aromatic N) is 1. The molecule has 0 amide bonds. The molecule has 0 N–H and O–H groups in total. The van der Waals surface area contributed by atoms with Crippen LogP contribution in [0.25, 0.3) is 0 Å². The maximum absolute atomic E-state index is 13.2. The molecule has 4 nitrogen and oxygen atoms in total. The Bertz CT molecular complexity index is 621. The molecule has 2 unspecified atom stereocenters. The Morgan fingerprint density at radius 3 is 2.84 bits per heavy atom. The fourth-order valence-corrected chi connectivity index (χ4v) is 4.25. The minimum atomic E-state index is -3.36. The van der Waals surface area contributed by atoms with Gasteiger partial charge in [-0.3, -0.25) is 0 Å². The molecule has 0 aliphatic carbocycles. The highest BCUT2D eigenvalue weighted by molar-refractivity contribution is 7.91. The third-order valence-electron chi connectivity index (χ3n) is 3.29. The van der Waals surface area contributed by atoms with Crippen molar-refractivity contribution in [3.63, 3.8) is 0 Å². The summed E-state index contributed by atoms with van der Waals surface area (Å²) in [6.45, 7) is 2.18. The van der Waals surface area contributed by atoms with Crippen LogP contribution in [0.15, 0.2) is 18.2 Å². The molecule has 1 aromatic carbocycles. The van der Waals surface area contributed by atoms with Crippen molar-refractivity contribution in [1.82, 2.24) is 0 Å². The van der Waals surface area contributed by atoms with Crippen LogP contribution < -0.4 is 0 Å². The minimum absolute atomic E-state index is 0.136. The average molecular weight is 283 g/mol. The maximum Gasteiger partial charge on any atom is 0.159 e. The Morgan fingerprint density at radius 2 is 2.26 bits per heavy atom. The lowest BCUT2D eigenvalue weighted by molar-refractivity contribution is 0.126. The highest BCUT2D eigenvalue weighted by Crippen LogP contribution is 2.24. The quantitative estimate of drug-likeness (QED) is 0.848. The van der Waals surface area contributed by atoms with Gasteiger partial charge in [-0.15, -0.1) is 0 Å². The van der Waals surface area contributed by atoms with E-state index in [1.54, 1.807) is 13.0 Å². The predicted octanol–water partition coefficient (Wildman–Crippen LogP) is 1.79. The summed E-state index contributed by atoms with van der Waals surface area (Å²) in [5, 5.41) is 8.21. The van der Waals surface area contributed by atoms with Crippen molar-refractivity contribution in [2.75, 3.05) is 6.61 Å². The van der Waals surface area contributed by atoms with Gasteiger partial charge in [0.1, 0.15) is 11.9 Å². The minimum Gasteiger partial charge on any atom is -0.377 e. The second-order valence-corrected chi connectivity index (χ2v) is 6.86. The number of hydrogen-bond acceptors (Lipinski definition) is 4. The summed E-state index contributed by atoms with van der Waals surface area (Å²) in [5.74, 6) is -0.832. The zero-order valence-electron chi connectivity index (χ0n) is 10.5. The van der Waals surface area contributed by atoms with Gasteiger partial charge in [0.2, 0.25) is 0 Å². The largest absolute Gasteiger partial charge is 0.377 e. The van der Waals surface area contributed by atoms with E-state index in [2.05, 4.69) is 0 Å². The number of hydrogen-bond donors (Lipinski definition) is 0. The van der Waals surface area contributed by atoms with Crippen LogP contribution in [0, 0.1) is 17.1 Å². The van der Waals surface area contributed by atoms with Gasteiger partial charge in [-0.05, 0) is 31.0 Å². The van der Waals surface area contributed by atoms with Crippen molar-refractivity contribution >= 4 is 9.84 Å². The first-order chi connectivity index (χ1) is 8.94. The summed E-state index contributed by atoms with van der Waals surface area (Å²) in [4.78, 5) is 0. The van der Waals surface area contributed by atoms with Crippen molar-refractivity contribution < 1.29 is 17.5 Å². The van der Waals surface area contributed by atoms with Crippen LogP contribution in [-0.4, -0.2) is 26.4 Å². The Hall–Kier alpha value is -1.45. The van der Waals surface area contributed by atoms with E-state index in [0.29, 0.717) is 18.6 Å². The summed E-state index contributed by atoms with van der Waals surface area (Å²) < 4.78 is 42.9. The van der Waals surface area contributed by atoms with E-state index >= 15 is 0 Å². The number of ether oxygens (including phenoxy) is 1. The molecular weight excluding hydrogens is 269 g/mol. The summed E-state index contributed by atoms with van der Waals surface area (Å²) in [5.41, 5.74) is 0.292. The van der Waals surface area contributed by atoms with Crippen LogP contribution in [-0.2, 0) is 20.3 Å². The molecule has 0 spiro atoms. The summed E-state index contributed by atoms with van der Waals surface area (Å²) in [6, 6.07) is 5.51. The second-order valence-electron chi connectivity index (χ2n) is 4.64. The smallest absolute Gasteiger partial charge is 0.159 e. The number of halogens is 1. The topological polar surface area (TPSA) is 67.2 Å². The van der Waals surface area contributed by atoms with Gasteiger partial charge < -0.3 is 4.74 Å². The Labute approximate surface area is 111 Å². The predicted molar refractivity (Wildman–Crippen MR) is 67.6 cm³/mol. The molecule has 1 aromatic rings. The lowest BCUT2D eigenvalue weighted by Gasteiger charge is -2.15. The molecule has 1 heterocycles. The molecule has 1 aliphatic heterocycles. The lowest BCUT2D eigenvalue weighted by atomic mass is 10.1. The third kappa shape index (κ3) is 2.94. The van der Waals surface area contributed by atoms with Crippen LogP contribution in [0.3, 0.4) is 0 Å². The van der Waals surface area contributed by atoms with Crippen molar-refractivity contribution in [2.45, 2.75) is 30.5 Å². The van der Waals surface area contributed by atoms with Gasteiger partial charge in [-0.2, -0.15) is 5.26 Å². The molecule has 0 aromatic heterocycles. The van der Waals surface area contributed by atoms with Crippen molar-refractivity contribution in [3.05, 3.63) is 35.1 Å². The van der Waals surface area contributed by atoms with E-state index in [-0.39, 0.29) is 17.4 Å². The molecule has 2 atom stereocenters. The molecule has 2 rings (SSSR count). The van der Waals surface area contributed by atoms with Crippen LogP contribution in [0.5, 0.6) is 0 Å². The van der Waals surface area contributed by atoms with E-state index in [4.69, 9.17) is 10.00 Å². The van der Waals surface area contributed by atoms with Crippen LogP contribution in [0.2, 0.25) is 0 Å². The van der Waals surface area contributed by atoms with Crippen LogP contribution in [0.4, 0.5) is 4.39 Å². The Balaban J connectivity index is 2.23. The first-order valence-corrected chi connectivity index (χ1v) is 7.67. The summed E-state index contributed by atoms with van der Waals surface area (Å²) >= 11 is 0. The van der Waals surface area contributed by atoms with Gasteiger partial charge in [0.05, 0.1) is 22.7 Å². The zero-order chi connectivity index (χ0) is 14.0. The fourth-order valence-electron chi connectivity index (χ4n) is 2.27. The van der Waals surface area contributed by atoms with Crippen molar-refractivity contribution in [3.8, 4) is 6.07 Å². The summed E-state index contributed by atoms with van der Waals surface area (Å²) in [6.07, 6.45) is 0.163. The number of benzene rings is 1. The number of rotatable bonds is 3. The van der Waals surface area contributed by atoms with Crippen molar-refractivity contribution in [1.29, 1.82) is 5.26 Å². The van der Waals surface area contributed by atoms with Crippen LogP contribution in [0.1, 0.15) is 24.5 Å². The molecule has 1 saturated heterocycles. The van der Waals surface area contributed by atoms with Gasteiger partial charge >= 0.3 is 0 Å². The van der Waals surface area contributed by atoms with Gasteiger partial charge in [0, 0.05) is 6.61 Å². The fraction of sp³-hybridized carbons (Fsp3) is 0.462. The molecule has 0 radical (unpaired) electrons. The van der Waals surface area contributed by atoms with Gasteiger partial charge in [0.25, 0.3) is 0 Å². The van der Waals surface area contributed by atoms with Crippen molar-refractivity contribution in [2.24, 2.45) is 0 Å². The standard InChI is InChI=1S/C13H14FNO3S/c1-9-13(4-5-18-9)19(16,17)8-10-2-3-12(14)11(6-10)7-15/h2-3,6,9,13H,4-5,8H2,1H3. The van der Waals surface area contributed by atoms with E-state index in [1.807, 2.05) is 0 Å². The zero-order valence-corrected chi connectivity index (χ0v) is 11.3. The Kier molecular flexibility index (Phi) is 3.88. The molecule has 0 bridgehead atoms. The SMILES string of the molecule is CC1OCCC1S(=O)(=O)Cc1ccc(F)c(C#N)c1. The monoisotopic (exact) mass is 283 g/mol. The molecule has 0 saturated carbocycles.